The molecule has 2 aromatic rings. The lowest BCUT2D eigenvalue weighted by Gasteiger charge is -2.20. The minimum absolute atomic E-state index is 0.345. The van der Waals surface area contributed by atoms with Gasteiger partial charge in [0.1, 0.15) is 24.4 Å². The zero-order valence-corrected chi connectivity index (χ0v) is 14.1. The van der Waals surface area contributed by atoms with E-state index < -0.39 is 0 Å². The van der Waals surface area contributed by atoms with Crippen LogP contribution in [-0.2, 0) is 11.4 Å². The fraction of sp³-hybridized carbons (Fsp3) is 0.312. The van der Waals surface area contributed by atoms with Crippen LogP contribution in [0.5, 0.6) is 5.75 Å². The second kappa shape index (κ2) is 8.58. The summed E-state index contributed by atoms with van der Waals surface area (Å²) in [5.74, 6) is 12.4. The number of hydrazine groups is 2. The van der Waals surface area contributed by atoms with Gasteiger partial charge < -0.3 is 14.2 Å². The van der Waals surface area contributed by atoms with Crippen molar-refractivity contribution in [2.24, 2.45) is 11.7 Å². The Morgan fingerprint density at radius 1 is 1.50 bits per heavy atom. The van der Waals surface area contributed by atoms with E-state index in [1.165, 1.54) is 24.7 Å². The average Bonchev–Trinajstić information content (AvgIpc) is 3.34. The van der Waals surface area contributed by atoms with Crippen LogP contribution in [0.4, 0.5) is 5.69 Å². The highest BCUT2D eigenvalue weighted by Gasteiger charge is 2.28. The maximum absolute atomic E-state index is 8.94. The number of amides is 1. The number of nitrogens with zero attached hydrogens (tertiary/aromatic N) is 1. The van der Waals surface area contributed by atoms with Crippen molar-refractivity contribution in [2.75, 3.05) is 12.1 Å². The molecule has 1 aromatic carbocycles. The largest absolute Gasteiger partial charge is 0.483 e. The third-order valence-electron chi connectivity index (χ3n) is 3.47. The second-order valence-electron chi connectivity index (χ2n) is 5.39. The highest BCUT2D eigenvalue weighted by molar-refractivity contribution is 6.30. The van der Waals surface area contributed by atoms with Crippen molar-refractivity contribution < 1.29 is 13.9 Å². The molecule has 1 aliphatic rings. The van der Waals surface area contributed by atoms with Crippen LogP contribution >= 0.6 is 11.6 Å². The predicted octanol–water partition coefficient (Wildman–Crippen LogP) is 2.31. The summed E-state index contributed by atoms with van der Waals surface area (Å²) in [6.45, 7) is 0.345. The van der Waals surface area contributed by atoms with Crippen molar-refractivity contribution >= 4 is 23.7 Å². The van der Waals surface area contributed by atoms with Crippen LogP contribution in [0.1, 0.15) is 30.1 Å². The standard InChI is InChI=1S/C15H17ClN2O2.CH4N2O/c1-18(17)14-4-2-3-13(10-5-6-10)15(14)20-9-12-7-11(16)8-19-12;2-3-1-4/h2-4,7-8,10H,5-6,9,17H2,1H3;1H,2H2,(H,3,4). The summed E-state index contributed by atoms with van der Waals surface area (Å²) in [5.41, 5.74) is 3.85. The summed E-state index contributed by atoms with van der Waals surface area (Å²) in [4.78, 5) is 8.94. The Kier molecular flexibility index (Phi) is 6.48. The van der Waals surface area contributed by atoms with Gasteiger partial charge in [0, 0.05) is 13.1 Å². The van der Waals surface area contributed by atoms with Crippen LogP contribution in [0.15, 0.2) is 34.9 Å². The number of halogens is 1. The van der Waals surface area contributed by atoms with Crippen molar-refractivity contribution in [3.63, 3.8) is 0 Å². The van der Waals surface area contributed by atoms with Gasteiger partial charge in [-0.2, -0.15) is 0 Å². The monoisotopic (exact) mass is 352 g/mol. The maximum Gasteiger partial charge on any atom is 0.221 e. The van der Waals surface area contributed by atoms with Crippen LogP contribution in [0.2, 0.25) is 5.02 Å². The van der Waals surface area contributed by atoms with E-state index in [0.717, 1.165) is 11.4 Å². The molecule has 0 spiro atoms. The molecular formula is C16H21ClN4O3. The second-order valence-corrected chi connectivity index (χ2v) is 5.82. The average molecular weight is 353 g/mol. The number of hydrogen-bond donors (Lipinski definition) is 3. The normalized spacial score (nSPS) is 12.8. The number of nitrogens with one attached hydrogen (secondary N) is 1. The van der Waals surface area contributed by atoms with E-state index >= 15 is 0 Å². The first-order chi connectivity index (χ1) is 11.6. The molecule has 0 bridgehead atoms. The van der Waals surface area contributed by atoms with Crippen LogP contribution in [0.3, 0.4) is 0 Å². The molecular weight excluding hydrogens is 332 g/mol. The smallest absolute Gasteiger partial charge is 0.221 e. The number of carbonyl (C=O) groups is 1. The van der Waals surface area contributed by atoms with Gasteiger partial charge in [0.05, 0.1) is 10.7 Å². The van der Waals surface area contributed by atoms with Gasteiger partial charge in [-0.25, -0.2) is 11.7 Å². The molecule has 3 rings (SSSR count). The fourth-order valence-corrected chi connectivity index (χ4v) is 2.43. The summed E-state index contributed by atoms with van der Waals surface area (Å²) >= 11 is 5.84. The summed E-state index contributed by atoms with van der Waals surface area (Å²) in [7, 11) is 1.81. The number of benzene rings is 1. The van der Waals surface area contributed by atoms with E-state index in [1.807, 2.05) is 19.2 Å². The van der Waals surface area contributed by atoms with Gasteiger partial charge in [0.25, 0.3) is 0 Å². The van der Waals surface area contributed by atoms with Gasteiger partial charge >= 0.3 is 0 Å². The summed E-state index contributed by atoms with van der Waals surface area (Å²) < 4.78 is 11.3. The van der Waals surface area contributed by atoms with Crippen LogP contribution in [0, 0.1) is 0 Å². The van der Waals surface area contributed by atoms with Gasteiger partial charge in [-0.1, -0.05) is 23.7 Å². The van der Waals surface area contributed by atoms with Gasteiger partial charge in [-0.15, -0.1) is 0 Å². The Bertz CT molecular complexity index is 651. The molecule has 1 aliphatic carbocycles. The first kappa shape index (κ1) is 18.1. The van der Waals surface area contributed by atoms with Crippen LogP contribution < -0.4 is 26.9 Å². The number of anilines is 1. The molecule has 0 radical (unpaired) electrons. The van der Waals surface area contributed by atoms with Gasteiger partial charge in [0.15, 0.2) is 0 Å². The quantitative estimate of drug-likeness (QED) is 0.319. The lowest BCUT2D eigenvalue weighted by molar-refractivity contribution is -0.109. The Hall–Kier alpha value is -2.22. The summed E-state index contributed by atoms with van der Waals surface area (Å²) in [6, 6.07) is 7.83. The predicted molar refractivity (Wildman–Crippen MR) is 92.4 cm³/mol. The maximum atomic E-state index is 8.94. The van der Waals surface area contributed by atoms with Gasteiger partial charge in [-0.3, -0.25) is 10.2 Å². The molecule has 7 nitrogen and oxygen atoms in total. The molecule has 24 heavy (non-hydrogen) atoms. The van der Waals surface area contributed by atoms with Crippen molar-refractivity contribution in [3.8, 4) is 5.75 Å². The number of furan rings is 1. The van der Waals surface area contributed by atoms with E-state index in [2.05, 4.69) is 11.9 Å². The lowest BCUT2D eigenvalue weighted by atomic mass is 10.1. The van der Waals surface area contributed by atoms with Crippen LogP contribution in [-0.4, -0.2) is 13.5 Å². The molecule has 1 amide bonds. The van der Waals surface area contributed by atoms with E-state index in [1.54, 1.807) is 16.5 Å². The third kappa shape index (κ3) is 4.89. The van der Waals surface area contributed by atoms with Crippen molar-refractivity contribution in [1.29, 1.82) is 0 Å². The number of nitrogens with two attached hydrogens (primary N) is 2. The zero-order chi connectivity index (χ0) is 17.5. The van der Waals surface area contributed by atoms with E-state index in [9.17, 15) is 0 Å². The van der Waals surface area contributed by atoms with Crippen LogP contribution in [0.25, 0.3) is 0 Å². The Morgan fingerprint density at radius 3 is 2.71 bits per heavy atom. The fourth-order valence-electron chi connectivity index (χ4n) is 2.27. The Morgan fingerprint density at radius 2 is 2.21 bits per heavy atom. The Labute approximate surface area is 145 Å². The minimum Gasteiger partial charge on any atom is -0.483 e. The Balaban J connectivity index is 0.000000471. The molecule has 130 valence electrons. The first-order valence-corrected chi connectivity index (χ1v) is 7.81. The molecule has 1 fully saturated rings. The highest BCUT2D eigenvalue weighted by atomic mass is 35.5. The molecule has 5 N–H and O–H groups in total. The zero-order valence-electron chi connectivity index (χ0n) is 13.4. The van der Waals surface area contributed by atoms with Gasteiger partial charge in [0.2, 0.25) is 6.41 Å². The number of para-hydroxylation sites is 1. The SMILES string of the molecule is CN(N)c1cccc(C2CC2)c1OCc1cc(Cl)co1.NNC=O. The molecule has 1 saturated carbocycles. The topological polar surface area (TPSA) is 107 Å². The number of rotatable bonds is 6. The number of hydrogen-bond acceptors (Lipinski definition) is 6. The van der Waals surface area contributed by atoms with Gasteiger partial charge in [-0.05, 0) is 30.4 Å². The summed E-state index contributed by atoms with van der Waals surface area (Å²) in [6.07, 6.45) is 4.32. The molecule has 8 heteroatoms. The van der Waals surface area contributed by atoms with Crippen molar-refractivity contribution in [1.82, 2.24) is 5.43 Å². The summed E-state index contributed by atoms with van der Waals surface area (Å²) in [5, 5.41) is 2.16. The minimum atomic E-state index is 0.345. The number of ether oxygens (including phenoxy) is 1. The first-order valence-electron chi connectivity index (χ1n) is 7.43. The molecule has 1 heterocycles. The number of carbonyl (C=O) groups excluding carboxylic acids is 1. The van der Waals surface area contributed by atoms with E-state index in [-0.39, 0.29) is 0 Å². The molecule has 1 aromatic heterocycles. The van der Waals surface area contributed by atoms with Crippen molar-refractivity contribution in [2.45, 2.75) is 25.4 Å². The van der Waals surface area contributed by atoms with Crippen molar-refractivity contribution in [3.05, 3.63) is 46.9 Å². The molecule has 0 unspecified atom stereocenters. The highest BCUT2D eigenvalue weighted by Crippen LogP contribution is 2.47. The molecule has 0 aliphatic heterocycles. The van der Waals surface area contributed by atoms with E-state index in [0.29, 0.717) is 29.7 Å². The third-order valence-corrected chi connectivity index (χ3v) is 3.67. The molecule has 0 atom stereocenters. The molecule has 0 saturated heterocycles. The van der Waals surface area contributed by atoms with E-state index in [4.69, 9.17) is 31.4 Å². The lowest BCUT2D eigenvalue weighted by Crippen LogP contribution is -2.25.